The second-order valence-electron chi connectivity index (χ2n) is 4.65. The van der Waals surface area contributed by atoms with Gasteiger partial charge in [-0.3, -0.25) is 4.79 Å². The van der Waals surface area contributed by atoms with Crippen molar-refractivity contribution >= 4 is 22.8 Å². The van der Waals surface area contributed by atoms with Crippen LogP contribution in [0.15, 0.2) is 18.3 Å². The number of anilines is 1. The zero-order valence-corrected chi connectivity index (χ0v) is 11.0. The molecule has 6 nitrogen and oxygen atoms in total. The fraction of sp³-hybridized carbons (Fsp3) is 0.462. The van der Waals surface area contributed by atoms with Crippen LogP contribution in [-0.4, -0.2) is 33.9 Å². The Bertz CT molecular complexity index is 622. The maximum absolute atomic E-state index is 11.9. The molecule has 0 fully saturated rings. The topological polar surface area (TPSA) is 69.0 Å². The molecule has 2 unspecified atom stereocenters. The summed E-state index contributed by atoms with van der Waals surface area (Å²) in [6.45, 7) is 4.77. The zero-order chi connectivity index (χ0) is 13.4. The number of carbonyl (C=O) groups is 1. The molecule has 1 aliphatic heterocycles. The summed E-state index contributed by atoms with van der Waals surface area (Å²) >= 11 is 0. The number of nitrogens with one attached hydrogen (secondary N) is 1. The summed E-state index contributed by atoms with van der Waals surface area (Å²) in [6, 6.07) is 3.82. The second-order valence-corrected chi connectivity index (χ2v) is 4.65. The van der Waals surface area contributed by atoms with Gasteiger partial charge in [0.1, 0.15) is 5.82 Å². The Hall–Kier alpha value is -2.11. The third-order valence-electron chi connectivity index (χ3n) is 3.52. The smallest absolute Gasteiger partial charge is 0.312 e. The van der Waals surface area contributed by atoms with Gasteiger partial charge >= 0.3 is 5.97 Å². The van der Waals surface area contributed by atoms with Crippen LogP contribution in [0.1, 0.15) is 19.9 Å². The molecular formula is C13H16N4O2. The summed E-state index contributed by atoms with van der Waals surface area (Å²) in [7, 11) is 0. The molecule has 3 heterocycles. The van der Waals surface area contributed by atoms with Crippen LogP contribution in [0.2, 0.25) is 0 Å². The first kappa shape index (κ1) is 12.0. The Morgan fingerprint density at radius 1 is 1.63 bits per heavy atom. The lowest BCUT2D eigenvalue weighted by atomic mass is 9.99. The largest absolute Gasteiger partial charge is 0.466 e. The van der Waals surface area contributed by atoms with Gasteiger partial charge in [-0.15, -0.1) is 0 Å². The van der Waals surface area contributed by atoms with Crippen molar-refractivity contribution in [1.82, 2.24) is 14.8 Å². The van der Waals surface area contributed by atoms with Crippen molar-refractivity contribution in [2.45, 2.75) is 19.9 Å². The van der Waals surface area contributed by atoms with Gasteiger partial charge in [-0.1, -0.05) is 0 Å². The summed E-state index contributed by atoms with van der Waals surface area (Å²) in [5.41, 5.74) is 0.696. The number of nitrogens with zero attached hydrogens (tertiary/aromatic N) is 3. The molecule has 0 radical (unpaired) electrons. The van der Waals surface area contributed by atoms with Crippen molar-refractivity contribution in [3.05, 3.63) is 18.3 Å². The molecule has 0 bridgehead atoms. The van der Waals surface area contributed by atoms with Crippen LogP contribution < -0.4 is 5.32 Å². The highest BCUT2D eigenvalue weighted by Crippen LogP contribution is 2.33. The highest BCUT2D eigenvalue weighted by molar-refractivity contribution is 5.88. The molecule has 6 heteroatoms. The van der Waals surface area contributed by atoms with Crippen LogP contribution in [0.3, 0.4) is 0 Å². The third-order valence-corrected chi connectivity index (χ3v) is 3.52. The molecule has 0 aromatic carbocycles. The van der Waals surface area contributed by atoms with Gasteiger partial charge in [-0.25, -0.2) is 9.67 Å². The average molecular weight is 260 g/mol. The number of pyridine rings is 1. The molecule has 0 amide bonds. The Kier molecular flexibility index (Phi) is 2.85. The number of hydrogen-bond acceptors (Lipinski definition) is 5. The number of ether oxygens (including phenoxy) is 1. The van der Waals surface area contributed by atoms with Gasteiger partial charge in [0.25, 0.3) is 0 Å². The van der Waals surface area contributed by atoms with Gasteiger partial charge in [-0.2, -0.15) is 5.10 Å². The predicted molar refractivity (Wildman–Crippen MR) is 70.9 cm³/mol. The van der Waals surface area contributed by atoms with Crippen molar-refractivity contribution in [2.75, 3.05) is 18.5 Å². The second kappa shape index (κ2) is 4.53. The molecule has 2 aromatic heterocycles. The summed E-state index contributed by atoms with van der Waals surface area (Å²) in [5, 5.41) is 8.71. The van der Waals surface area contributed by atoms with E-state index in [9.17, 15) is 4.79 Å². The van der Waals surface area contributed by atoms with Crippen molar-refractivity contribution < 1.29 is 9.53 Å². The number of fused-ring (bicyclic) bond motifs is 3. The van der Waals surface area contributed by atoms with Crippen LogP contribution in [0.25, 0.3) is 11.0 Å². The lowest BCUT2D eigenvalue weighted by molar-refractivity contribution is -0.149. The Balaban J connectivity index is 1.99. The fourth-order valence-electron chi connectivity index (χ4n) is 2.49. The molecule has 19 heavy (non-hydrogen) atoms. The van der Waals surface area contributed by atoms with Crippen LogP contribution in [0.4, 0.5) is 5.82 Å². The molecule has 0 spiro atoms. The molecule has 100 valence electrons. The molecule has 1 N–H and O–H groups in total. The van der Waals surface area contributed by atoms with E-state index in [0.29, 0.717) is 18.8 Å². The van der Waals surface area contributed by atoms with E-state index in [2.05, 4.69) is 15.4 Å². The van der Waals surface area contributed by atoms with Gasteiger partial charge in [0.05, 0.1) is 24.0 Å². The summed E-state index contributed by atoms with van der Waals surface area (Å²) in [5.74, 6) is 0.526. The Morgan fingerprint density at radius 3 is 3.26 bits per heavy atom. The van der Waals surface area contributed by atoms with Crippen molar-refractivity contribution in [1.29, 1.82) is 0 Å². The maximum Gasteiger partial charge on any atom is 0.312 e. The van der Waals surface area contributed by atoms with E-state index >= 15 is 0 Å². The predicted octanol–water partition coefficient (Wildman–Crippen LogP) is 1.60. The van der Waals surface area contributed by atoms with Crippen LogP contribution in [0.5, 0.6) is 0 Å². The maximum atomic E-state index is 11.9. The van der Waals surface area contributed by atoms with Crippen molar-refractivity contribution in [3.63, 3.8) is 0 Å². The number of carbonyl (C=O) groups excluding carboxylic acids is 1. The third kappa shape index (κ3) is 1.83. The number of esters is 1. The average Bonchev–Trinajstić information content (AvgIpc) is 2.79. The summed E-state index contributed by atoms with van der Waals surface area (Å²) in [6.07, 6.45) is 1.72. The minimum atomic E-state index is -0.221. The molecule has 0 saturated heterocycles. The molecule has 2 aromatic rings. The quantitative estimate of drug-likeness (QED) is 0.830. The van der Waals surface area contributed by atoms with Gasteiger partial charge in [0, 0.05) is 12.7 Å². The highest BCUT2D eigenvalue weighted by atomic mass is 16.5. The fourth-order valence-corrected chi connectivity index (χ4v) is 2.49. The number of aromatic nitrogens is 3. The summed E-state index contributed by atoms with van der Waals surface area (Å²) < 4.78 is 6.94. The van der Waals surface area contributed by atoms with E-state index in [-0.39, 0.29) is 17.9 Å². The molecule has 1 aliphatic rings. The zero-order valence-electron chi connectivity index (χ0n) is 11.0. The van der Waals surface area contributed by atoms with E-state index < -0.39 is 0 Å². The lowest BCUT2D eigenvalue weighted by Gasteiger charge is -2.29. The normalized spacial score (nSPS) is 21.8. The van der Waals surface area contributed by atoms with Crippen molar-refractivity contribution in [2.24, 2.45) is 5.92 Å². The molecular weight excluding hydrogens is 244 g/mol. The number of hydrogen-bond donors (Lipinski definition) is 1. The molecule has 0 aliphatic carbocycles. The van der Waals surface area contributed by atoms with Gasteiger partial charge < -0.3 is 10.1 Å². The minimum Gasteiger partial charge on any atom is -0.466 e. The van der Waals surface area contributed by atoms with Crippen LogP contribution in [0, 0.1) is 5.92 Å². The first-order chi connectivity index (χ1) is 9.22. The van der Waals surface area contributed by atoms with Crippen LogP contribution >= 0.6 is 0 Å². The monoisotopic (exact) mass is 260 g/mol. The summed E-state index contributed by atoms with van der Waals surface area (Å²) in [4.78, 5) is 16.2. The van der Waals surface area contributed by atoms with Crippen molar-refractivity contribution in [3.8, 4) is 0 Å². The number of rotatable bonds is 2. The SMILES string of the molecule is CCOC(=O)C1CNc2c3cccnc3nn2C1C. The Morgan fingerprint density at radius 2 is 2.47 bits per heavy atom. The van der Waals surface area contributed by atoms with E-state index in [1.54, 1.807) is 6.20 Å². The molecule has 3 rings (SSSR count). The van der Waals surface area contributed by atoms with Gasteiger partial charge in [-0.05, 0) is 26.0 Å². The van der Waals surface area contributed by atoms with Crippen LogP contribution in [-0.2, 0) is 9.53 Å². The van der Waals surface area contributed by atoms with Gasteiger partial charge in [0.15, 0.2) is 5.65 Å². The Labute approximate surface area is 110 Å². The first-order valence-corrected chi connectivity index (χ1v) is 6.46. The van der Waals surface area contributed by atoms with E-state index in [4.69, 9.17) is 4.74 Å². The molecule has 2 atom stereocenters. The van der Waals surface area contributed by atoms with E-state index in [1.807, 2.05) is 30.7 Å². The van der Waals surface area contributed by atoms with Gasteiger partial charge in [0.2, 0.25) is 0 Å². The standard InChI is InChI=1S/C13H16N4O2/c1-3-19-13(18)10-7-15-12-9-5-4-6-14-11(9)16-17(12)8(10)2/h4-6,8,10,15H,3,7H2,1-2H3. The lowest BCUT2D eigenvalue weighted by Crippen LogP contribution is -2.37. The first-order valence-electron chi connectivity index (χ1n) is 6.46. The highest BCUT2D eigenvalue weighted by Gasteiger charge is 2.34. The van der Waals surface area contributed by atoms with E-state index in [1.165, 1.54) is 0 Å². The molecule has 0 saturated carbocycles. The van der Waals surface area contributed by atoms with E-state index in [0.717, 1.165) is 11.2 Å². The minimum absolute atomic E-state index is 0.0375.